The van der Waals surface area contributed by atoms with Crippen LogP contribution in [-0.2, 0) is 24.2 Å². The van der Waals surface area contributed by atoms with Gasteiger partial charge in [-0.25, -0.2) is 9.78 Å². The number of hydrogen-bond acceptors (Lipinski definition) is 6. The average molecular weight is 463 g/mol. The first-order valence-electron chi connectivity index (χ1n) is 11.3. The monoisotopic (exact) mass is 462 g/mol. The van der Waals surface area contributed by atoms with Crippen molar-refractivity contribution < 1.29 is 9.59 Å². The average Bonchev–Trinajstić information content (AvgIpc) is 3.29. The van der Waals surface area contributed by atoms with Gasteiger partial charge in [0.15, 0.2) is 5.16 Å². The Hall–Kier alpha value is -1.87. The summed E-state index contributed by atoms with van der Waals surface area (Å²) in [5.41, 5.74) is 1.20. The van der Waals surface area contributed by atoms with Crippen LogP contribution in [0, 0.1) is 0 Å². The Bertz CT molecular complexity index is 1040. The molecule has 2 aromatic heterocycles. The molecule has 0 spiro atoms. The van der Waals surface area contributed by atoms with Gasteiger partial charge in [0.25, 0.3) is 5.56 Å². The Morgan fingerprint density at radius 3 is 2.81 bits per heavy atom. The molecular weight excluding hydrogens is 432 g/mol. The standard InChI is InChI=1S/C22H30N4O3S2/c1-3-4-5-6-12-26-20(28)17-15-8-7-9-16(15)31-19(17)25-22(26)30-13(2)18(27)24-21(29)23-14-10-11-14/h13-14H,3-12H2,1-2H3,(H2,23,24,27,29)/t13-/m0/s1. The van der Waals surface area contributed by atoms with E-state index in [4.69, 9.17) is 4.98 Å². The van der Waals surface area contributed by atoms with Crippen molar-refractivity contribution in [1.29, 1.82) is 0 Å². The van der Waals surface area contributed by atoms with Gasteiger partial charge in [-0.1, -0.05) is 37.9 Å². The lowest BCUT2D eigenvalue weighted by atomic mass is 10.2. The van der Waals surface area contributed by atoms with Crippen LogP contribution in [0.15, 0.2) is 9.95 Å². The Labute approximate surface area is 190 Å². The number of fused-ring (bicyclic) bond motifs is 3. The molecule has 0 bridgehead atoms. The van der Waals surface area contributed by atoms with Gasteiger partial charge in [0, 0.05) is 17.5 Å². The molecule has 2 N–H and O–H groups in total. The third-order valence-corrected chi connectivity index (χ3v) is 8.10. The summed E-state index contributed by atoms with van der Waals surface area (Å²) in [7, 11) is 0. The Kier molecular flexibility index (Phi) is 7.01. The molecular formula is C22H30N4O3S2. The lowest BCUT2D eigenvalue weighted by Crippen LogP contribution is -2.43. The van der Waals surface area contributed by atoms with Crippen LogP contribution in [0.25, 0.3) is 10.2 Å². The predicted molar refractivity (Wildman–Crippen MR) is 125 cm³/mol. The van der Waals surface area contributed by atoms with E-state index >= 15 is 0 Å². The molecule has 9 heteroatoms. The molecule has 2 heterocycles. The van der Waals surface area contributed by atoms with Crippen molar-refractivity contribution in [2.45, 2.75) is 94.6 Å². The normalized spacial score (nSPS) is 16.3. The first-order valence-corrected chi connectivity index (χ1v) is 13.0. The number of aryl methyl sites for hydroxylation is 2. The molecule has 0 unspecified atom stereocenters. The van der Waals surface area contributed by atoms with E-state index in [0.717, 1.165) is 68.0 Å². The fraction of sp³-hybridized carbons (Fsp3) is 0.636. The minimum atomic E-state index is -0.539. The van der Waals surface area contributed by atoms with Crippen molar-refractivity contribution >= 4 is 45.3 Å². The highest BCUT2D eigenvalue weighted by Crippen LogP contribution is 2.36. The van der Waals surface area contributed by atoms with Gasteiger partial charge >= 0.3 is 6.03 Å². The second-order valence-corrected chi connectivity index (χ2v) is 10.8. The Morgan fingerprint density at radius 1 is 1.26 bits per heavy atom. The van der Waals surface area contributed by atoms with Gasteiger partial charge in [0.2, 0.25) is 5.91 Å². The number of carbonyl (C=O) groups is 2. The SMILES string of the molecule is CCCCCCn1c(S[C@@H](C)C(=O)NC(=O)NC2CC2)nc2sc3c(c2c1=O)CCC3. The van der Waals surface area contributed by atoms with Gasteiger partial charge in [-0.05, 0) is 51.0 Å². The van der Waals surface area contributed by atoms with Crippen LogP contribution >= 0.6 is 23.1 Å². The lowest BCUT2D eigenvalue weighted by Gasteiger charge is -2.16. The number of unbranched alkanes of at least 4 members (excludes halogenated alkanes) is 3. The van der Waals surface area contributed by atoms with Crippen LogP contribution < -0.4 is 16.2 Å². The number of imide groups is 1. The van der Waals surface area contributed by atoms with E-state index in [1.807, 2.05) is 0 Å². The summed E-state index contributed by atoms with van der Waals surface area (Å²) in [5, 5.41) is 5.98. The molecule has 2 aliphatic carbocycles. The summed E-state index contributed by atoms with van der Waals surface area (Å²) in [4.78, 5) is 44.8. The quantitative estimate of drug-likeness (QED) is 0.334. The van der Waals surface area contributed by atoms with E-state index in [1.54, 1.807) is 22.8 Å². The van der Waals surface area contributed by atoms with E-state index in [9.17, 15) is 14.4 Å². The van der Waals surface area contributed by atoms with Crippen molar-refractivity contribution in [3.05, 3.63) is 20.8 Å². The van der Waals surface area contributed by atoms with Crippen molar-refractivity contribution in [2.75, 3.05) is 0 Å². The van der Waals surface area contributed by atoms with Gasteiger partial charge in [-0.2, -0.15) is 0 Å². The van der Waals surface area contributed by atoms with Crippen LogP contribution in [0.1, 0.15) is 69.2 Å². The van der Waals surface area contributed by atoms with Crippen molar-refractivity contribution in [3.8, 4) is 0 Å². The summed E-state index contributed by atoms with van der Waals surface area (Å²) in [5.74, 6) is -0.372. The molecule has 2 aliphatic rings. The first kappa shape index (κ1) is 22.3. The minimum Gasteiger partial charge on any atom is -0.335 e. The fourth-order valence-electron chi connectivity index (χ4n) is 3.92. The fourth-order valence-corrected chi connectivity index (χ4v) is 6.15. The second-order valence-electron chi connectivity index (χ2n) is 8.45. The molecule has 168 valence electrons. The van der Waals surface area contributed by atoms with E-state index in [1.165, 1.54) is 22.2 Å². The summed E-state index contributed by atoms with van der Waals surface area (Å²) in [6.45, 7) is 4.51. The zero-order valence-corrected chi connectivity index (χ0v) is 19.8. The molecule has 7 nitrogen and oxygen atoms in total. The molecule has 3 amide bonds. The van der Waals surface area contributed by atoms with Gasteiger partial charge in [0.1, 0.15) is 4.83 Å². The molecule has 31 heavy (non-hydrogen) atoms. The van der Waals surface area contributed by atoms with E-state index in [2.05, 4.69) is 17.6 Å². The number of amides is 3. The molecule has 0 aliphatic heterocycles. The van der Waals surface area contributed by atoms with Gasteiger partial charge < -0.3 is 5.32 Å². The number of nitrogens with zero attached hydrogens (tertiary/aromatic N) is 2. The molecule has 4 rings (SSSR count). The van der Waals surface area contributed by atoms with Gasteiger partial charge in [0.05, 0.1) is 10.6 Å². The van der Waals surface area contributed by atoms with Crippen LogP contribution in [0.2, 0.25) is 0 Å². The molecule has 0 saturated heterocycles. The number of urea groups is 1. The van der Waals surface area contributed by atoms with Gasteiger partial charge in [-0.15, -0.1) is 11.3 Å². The largest absolute Gasteiger partial charge is 0.335 e. The van der Waals surface area contributed by atoms with Crippen molar-refractivity contribution in [1.82, 2.24) is 20.2 Å². The van der Waals surface area contributed by atoms with Crippen LogP contribution in [0.5, 0.6) is 0 Å². The van der Waals surface area contributed by atoms with E-state index in [0.29, 0.717) is 11.7 Å². The Balaban J connectivity index is 1.56. The minimum absolute atomic E-state index is 0.0162. The summed E-state index contributed by atoms with van der Waals surface area (Å²) in [6.07, 6.45) is 9.23. The van der Waals surface area contributed by atoms with E-state index < -0.39 is 11.3 Å². The van der Waals surface area contributed by atoms with Crippen LogP contribution in [-0.4, -0.2) is 32.8 Å². The molecule has 1 atom stereocenters. The third-order valence-electron chi connectivity index (χ3n) is 5.83. The molecule has 0 radical (unpaired) electrons. The maximum atomic E-state index is 13.4. The van der Waals surface area contributed by atoms with Crippen LogP contribution in [0.4, 0.5) is 4.79 Å². The number of rotatable bonds is 9. The van der Waals surface area contributed by atoms with E-state index in [-0.39, 0.29) is 17.5 Å². The number of nitrogens with one attached hydrogen (secondary N) is 2. The van der Waals surface area contributed by atoms with Crippen LogP contribution in [0.3, 0.4) is 0 Å². The highest BCUT2D eigenvalue weighted by molar-refractivity contribution is 8.00. The maximum absolute atomic E-state index is 13.4. The number of thioether (sulfide) groups is 1. The third kappa shape index (κ3) is 5.14. The smallest absolute Gasteiger partial charge is 0.321 e. The summed E-state index contributed by atoms with van der Waals surface area (Å²) >= 11 is 2.87. The number of carbonyl (C=O) groups excluding carboxylic acids is 2. The Morgan fingerprint density at radius 2 is 2.06 bits per heavy atom. The zero-order valence-electron chi connectivity index (χ0n) is 18.2. The van der Waals surface area contributed by atoms with Crippen molar-refractivity contribution in [3.63, 3.8) is 0 Å². The summed E-state index contributed by atoms with van der Waals surface area (Å²) in [6, 6.07) is -0.260. The molecule has 1 fully saturated rings. The molecule has 1 saturated carbocycles. The topological polar surface area (TPSA) is 93.1 Å². The highest BCUT2D eigenvalue weighted by atomic mass is 32.2. The molecule has 0 aromatic carbocycles. The summed E-state index contributed by atoms with van der Waals surface area (Å²) < 4.78 is 1.75. The predicted octanol–water partition coefficient (Wildman–Crippen LogP) is 4.00. The van der Waals surface area contributed by atoms with Crippen molar-refractivity contribution in [2.24, 2.45) is 0 Å². The molecule has 2 aromatic rings. The number of aromatic nitrogens is 2. The number of thiophene rings is 1. The first-order chi connectivity index (χ1) is 15.0. The number of hydrogen-bond donors (Lipinski definition) is 2. The maximum Gasteiger partial charge on any atom is 0.321 e. The lowest BCUT2D eigenvalue weighted by molar-refractivity contribution is -0.119. The van der Waals surface area contributed by atoms with Gasteiger partial charge in [-0.3, -0.25) is 19.5 Å². The second kappa shape index (κ2) is 9.73. The highest BCUT2D eigenvalue weighted by Gasteiger charge is 2.27. The zero-order chi connectivity index (χ0) is 22.0.